The first-order chi connectivity index (χ1) is 11.1. The standard InChI is InChI=1S/C16H20FN3O3/c1-19(15(21)12-10-23-9-7-18-12)14-6-8-20(16(14)22)13-5-3-2-4-11(13)17/h2-5,12,14,18H,6-10H2,1H3/t12-,14-/m1/s1. The van der Waals surface area contributed by atoms with Crippen molar-refractivity contribution in [3.05, 3.63) is 30.1 Å². The smallest absolute Gasteiger partial charge is 0.249 e. The molecule has 0 aromatic heterocycles. The normalized spacial score (nSPS) is 24.8. The molecule has 3 rings (SSSR count). The summed E-state index contributed by atoms with van der Waals surface area (Å²) >= 11 is 0. The molecule has 124 valence electrons. The lowest BCUT2D eigenvalue weighted by atomic mass is 10.1. The highest BCUT2D eigenvalue weighted by molar-refractivity contribution is 6.01. The largest absolute Gasteiger partial charge is 0.378 e. The molecule has 0 radical (unpaired) electrons. The fourth-order valence-electron chi connectivity index (χ4n) is 3.06. The van der Waals surface area contributed by atoms with Gasteiger partial charge in [0.05, 0.1) is 18.9 Å². The summed E-state index contributed by atoms with van der Waals surface area (Å²) in [6.45, 7) is 1.90. The fraction of sp³-hybridized carbons (Fsp3) is 0.500. The quantitative estimate of drug-likeness (QED) is 0.874. The predicted molar refractivity (Wildman–Crippen MR) is 82.5 cm³/mol. The van der Waals surface area contributed by atoms with Crippen molar-refractivity contribution in [3.63, 3.8) is 0 Å². The number of amides is 2. The van der Waals surface area contributed by atoms with Crippen LogP contribution >= 0.6 is 0 Å². The third kappa shape index (κ3) is 3.07. The van der Waals surface area contributed by atoms with Gasteiger partial charge in [0, 0.05) is 20.1 Å². The third-order valence-corrected chi connectivity index (χ3v) is 4.36. The summed E-state index contributed by atoms with van der Waals surface area (Å²) in [4.78, 5) is 27.9. The molecular weight excluding hydrogens is 301 g/mol. The monoisotopic (exact) mass is 321 g/mol. The third-order valence-electron chi connectivity index (χ3n) is 4.36. The van der Waals surface area contributed by atoms with Crippen molar-refractivity contribution in [2.24, 2.45) is 0 Å². The van der Waals surface area contributed by atoms with Gasteiger partial charge in [0.15, 0.2) is 0 Å². The lowest BCUT2D eigenvalue weighted by Crippen LogP contribution is -2.55. The number of nitrogens with one attached hydrogen (secondary N) is 1. The van der Waals surface area contributed by atoms with Crippen LogP contribution in [0, 0.1) is 5.82 Å². The van der Waals surface area contributed by atoms with E-state index in [2.05, 4.69) is 5.32 Å². The molecule has 2 heterocycles. The number of nitrogens with zero attached hydrogens (tertiary/aromatic N) is 2. The number of ether oxygens (including phenoxy) is 1. The molecule has 0 unspecified atom stereocenters. The number of anilines is 1. The minimum atomic E-state index is -0.564. The van der Waals surface area contributed by atoms with E-state index in [4.69, 9.17) is 4.74 Å². The minimum Gasteiger partial charge on any atom is -0.378 e. The van der Waals surface area contributed by atoms with Crippen LogP contribution in [0.15, 0.2) is 24.3 Å². The van der Waals surface area contributed by atoms with Crippen LogP contribution in [-0.4, -0.2) is 62.1 Å². The zero-order valence-corrected chi connectivity index (χ0v) is 13.0. The van der Waals surface area contributed by atoms with E-state index in [-0.39, 0.29) is 17.5 Å². The summed E-state index contributed by atoms with van der Waals surface area (Å²) in [6.07, 6.45) is 0.489. The van der Waals surface area contributed by atoms with Crippen LogP contribution in [-0.2, 0) is 14.3 Å². The molecule has 0 spiro atoms. The Morgan fingerprint density at radius 1 is 1.43 bits per heavy atom. The van der Waals surface area contributed by atoms with Gasteiger partial charge in [0.1, 0.15) is 17.9 Å². The van der Waals surface area contributed by atoms with Gasteiger partial charge < -0.3 is 19.9 Å². The number of carbonyl (C=O) groups is 2. The van der Waals surface area contributed by atoms with Crippen LogP contribution in [0.1, 0.15) is 6.42 Å². The molecule has 7 heteroatoms. The maximum Gasteiger partial charge on any atom is 0.249 e. The summed E-state index contributed by atoms with van der Waals surface area (Å²) in [7, 11) is 1.62. The van der Waals surface area contributed by atoms with E-state index in [0.29, 0.717) is 32.7 Å². The molecule has 2 fully saturated rings. The van der Waals surface area contributed by atoms with Crippen molar-refractivity contribution in [3.8, 4) is 0 Å². The molecule has 2 aliphatic heterocycles. The van der Waals surface area contributed by atoms with Crippen molar-refractivity contribution >= 4 is 17.5 Å². The molecule has 6 nitrogen and oxygen atoms in total. The highest BCUT2D eigenvalue weighted by Gasteiger charge is 2.39. The lowest BCUT2D eigenvalue weighted by Gasteiger charge is -2.30. The zero-order valence-electron chi connectivity index (χ0n) is 13.0. The van der Waals surface area contributed by atoms with E-state index < -0.39 is 17.9 Å². The van der Waals surface area contributed by atoms with Gasteiger partial charge in [-0.25, -0.2) is 4.39 Å². The average molecular weight is 321 g/mol. The molecule has 23 heavy (non-hydrogen) atoms. The Morgan fingerprint density at radius 2 is 2.22 bits per heavy atom. The van der Waals surface area contributed by atoms with Crippen molar-refractivity contribution in [1.82, 2.24) is 10.2 Å². The topological polar surface area (TPSA) is 61.9 Å². The average Bonchev–Trinajstić information content (AvgIpc) is 2.96. The van der Waals surface area contributed by atoms with Crippen LogP contribution in [0.3, 0.4) is 0 Å². The van der Waals surface area contributed by atoms with Crippen molar-refractivity contribution in [2.45, 2.75) is 18.5 Å². The molecule has 1 aromatic carbocycles. The van der Waals surface area contributed by atoms with Crippen molar-refractivity contribution in [2.75, 3.05) is 38.3 Å². The number of carbonyl (C=O) groups excluding carboxylic acids is 2. The summed E-state index contributed by atoms with van der Waals surface area (Å²) in [5.74, 6) is -0.848. The Bertz CT molecular complexity index is 604. The predicted octanol–water partition coefficient (Wildman–Crippen LogP) is 0.378. The Labute approximate surface area is 134 Å². The fourth-order valence-corrected chi connectivity index (χ4v) is 3.06. The van der Waals surface area contributed by atoms with Gasteiger partial charge in [0.2, 0.25) is 11.8 Å². The molecule has 0 aliphatic carbocycles. The molecule has 2 aliphatic rings. The van der Waals surface area contributed by atoms with Crippen LogP contribution in [0.25, 0.3) is 0 Å². The molecule has 1 N–H and O–H groups in total. The number of hydrogen-bond acceptors (Lipinski definition) is 4. The second kappa shape index (κ2) is 6.64. The number of hydrogen-bond donors (Lipinski definition) is 1. The molecule has 2 saturated heterocycles. The van der Waals surface area contributed by atoms with Gasteiger partial charge in [-0.3, -0.25) is 9.59 Å². The van der Waals surface area contributed by atoms with Crippen LogP contribution < -0.4 is 10.2 Å². The van der Waals surface area contributed by atoms with Crippen LogP contribution in [0.5, 0.6) is 0 Å². The van der Waals surface area contributed by atoms with Crippen LogP contribution in [0.4, 0.5) is 10.1 Å². The van der Waals surface area contributed by atoms with Gasteiger partial charge in [-0.2, -0.15) is 0 Å². The molecule has 1 aromatic rings. The lowest BCUT2D eigenvalue weighted by molar-refractivity contribution is -0.140. The molecule has 2 amide bonds. The second-order valence-electron chi connectivity index (χ2n) is 5.78. The van der Waals surface area contributed by atoms with Crippen LogP contribution in [0.2, 0.25) is 0 Å². The summed E-state index contributed by atoms with van der Waals surface area (Å²) in [5, 5.41) is 3.09. The number of morpholine rings is 1. The van der Waals surface area contributed by atoms with E-state index in [1.807, 2.05) is 0 Å². The Morgan fingerprint density at radius 3 is 2.91 bits per heavy atom. The first kappa shape index (κ1) is 15.9. The first-order valence-electron chi connectivity index (χ1n) is 7.73. The number of para-hydroxylation sites is 1. The first-order valence-corrected chi connectivity index (χ1v) is 7.73. The van der Waals surface area contributed by atoms with Crippen molar-refractivity contribution < 1.29 is 18.7 Å². The Balaban J connectivity index is 1.71. The van der Waals surface area contributed by atoms with Gasteiger partial charge in [-0.05, 0) is 18.6 Å². The Kier molecular flexibility index (Phi) is 4.58. The number of halogens is 1. The molecule has 2 atom stereocenters. The zero-order chi connectivity index (χ0) is 16.4. The summed E-state index contributed by atoms with van der Waals surface area (Å²) in [5.41, 5.74) is 0.264. The highest BCUT2D eigenvalue weighted by Crippen LogP contribution is 2.26. The number of rotatable bonds is 3. The Hall–Kier alpha value is -1.99. The molecule has 0 bridgehead atoms. The SMILES string of the molecule is CN(C(=O)[C@H]1COCCN1)[C@@H]1CCN(c2ccccc2F)C1=O. The van der Waals surface area contributed by atoms with Gasteiger partial charge in [-0.1, -0.05) is 12.1 Å². The summed E-state index contributed by atoms with van der Waals surface area (Å²) in [6, 6.07) is 5.19. The maximum absolute atomic E-state index is 13.9. The molecule has 0 saturated carbocycles. The minimum absolute atomic E-state index is 0.168. The molecular formula is C16H20FN3O3. The van der Waals surface area contributed by atoms with Crippen molar-refractivity contribution in [1.29, 1.82) is 0 Å². The summed E-state index contributed by atoms with van der Waals surface area (Å²) < 4.78 is 19.2. The van der Waals surface area contributed by atoms with E-state index in [1.165, 1.54) is 15.9 Å². The van der Waals surface area contributed by atoms with E-state index in [1.54, 1.807) is 25.2 Å². The van der Waals surface area contributed by atoms with E-state index in [9.17, 15) is 14.0 Å². The van der Waals surface area contributed by atoms with E-state index >= 15 is 0 Å². The highest BCUT2D eigenvalue weighted by atomic mass is 19.1. The maximum atomic E-state index is 13.9. The van der Waals surface area contributed by atoms with Gasteiger partial charge in [-0.15, -0.1) is 0 Å². The van der Waals surface area contributed by atoms with Gasteiger partial charge >= 0.3 is 0 Å². The number of benzene rings is 1. The second-order valence-corrected chi connectivity index (χ2v) is 5.78. The van der Waals surface area contributed by atoms with Gasteiger partial charge in [0.25, 0.3) is 0 Å². The number of likely N-dealkylation sites (N-methyl/N-ethyl adjacent to an activating group) is 1. The van der Waals surface area contributed by atoms with E-state index in [0.717, 1.165) is 0 Å².